The van der Waals surface area contributed by atoms with Gasteiger partial charge in [0, 0.05) is 14.5 Å². The predicted octanol–water partition coefficient (Wildman–Crippen LogP) is 4.49. The molecule has 3 nitrogen and oxygen atoms in total. The zero-order valence-electron chi connectivity index (χ0n) is 9.77. The summed E-state index contributed by atoms with van der Waals surface area (Å²) in [6.07, 6.45) is 0. The van der Waals surface area contributed by atoms with Crippen LogP contribution in [-0.4, -0.2) is 11.1 Å². The van der Waals surface area contributed by atoms with Crippen molar-refractivity contribution in [3.8, 4) is 5.75 Å². The molecule has 0 unspecified atom stereocenters. The van der Waals surface area contributed by atoms with Gasteiger partial charge in [-0.3, -0.25) is 0 Å². The lowest BCUT2D eigenvalue weighted by atomic mass is 10.2. The first kappa shape index (κ1) is 14.1. The van der Waals surface area contributed by atoms with E-state index < -0.39 is 5.97 Å². The van der Waals surface area contributed by atoms with Crippen molar-refractivity contribution >= 4 is 37.8 Å². The number of ether oxygens (including phenoxy) is 1. The van der Waals surface area contributed by atoms with E-state index in [1.807, 2.05) is 24.3 Å². The normalized spacial score (nSPS) is 10.2. The Hall–Kier alpha value is -1.33. The molecule has 0 saturated carbocycles. The maximum Gasteiger partial charge on any atom is 0.339 e. The van der Waals surface area contributed by atoms with Crippen LogP contribution in [0, 0.1) is 0 Å². The lowest BCUT2D eigenvalue weighted by molar-refractivity contribution is 0.0691. The first-order valence-corrected chi connectivity index (χ1v) is 7.05. The Morgan fingerprint density at radius 3 is 2.58 bits per heavy atom. The highest BCUT2D eigenvalue weighted by Crippen LogP contribution is 2.25. The van der Waals surface area contributed by atoms with Gasteiger partial charge in [-0.2, -0.15) is 0 Å². The molecule has 0 amide bonds. The summed E-state index contributed by atoms with van der Waals surface area (Å²) in [4.78, 5) is 11.1. The predicted molar refractivity (Wildman–Crippen MR) is 79.6 cm³/mol. The van der Waals surface area contributed by atoms with Crippen molar-refractivity contribution in [1.82, 2.24) is 0 Å². The molecule has 98 valence electrons. The molecular weight excluding hydrogens is 376 g/mol. The lowest BCUT2D eigenvalue weighted by Gasteiger charge is -2.10. The Bertz CT molecular complexity index is 611. The van der Waals surface area contributed by atoms with Crippen LogP contribution in [0.4, 0.5) is 0 Å². The Balaban J connectivity index is 2.20. The minimum absolute atomic E-state index is 0.140. The molecule has 2 aromatic rings. The summed E-state index contributed by atoms with van der Waals surface area (Å²) in [7, 11) is 0. The van der Waals surface area contributed by atoms with Gasteiger partial charge in [-0.1, -0.05) is 50.1 Å². The third-order valence-electron chi connectivity index (χ3n) is 2.51. The molecule has 5 heteroatoms. The average molecular weight is 386 g/mol. The number of hydrogen-bond acceptors (Lipinski definition) is 2. The summed E-state index contributed by atoms with van der Waals surface area (Å²) >= 11 is 6.67. The van der Waals surface area contributed by atoms with Crippen molar-refractivity contribution in [2.24, 2.45) is 0 Å². The van der Waals surface area contributed by atoms with Crippen LogP contribution < -0.4 is 4.74 Å². The molecule has 19 heavy (non-hydrogen) atoms. The minimum Gasteiger partial charge on any atom is -0.488 e. The molecule has 0 heterocycles. The highest BCUT2D eigenvalue weighted by Gasteiger charge is 2.12. The second kappa shape index (κ2) is 6.21. The van der Waals surface area contributed by atoms with Crippen molar-refractivity contribution in [2.45, 2.75) is 6.61 Å². The summed E-state index contributed by atoms with van der Waals surface area (Å²) in [6.45, 7) is 0.309. The molecule has 0 aliphatic rings. The number of aromatic carboxylic acids is 1. The second-order valence-electron chi connectivity index (χ2n) is 3.83. The minimum atomic E-state index is -1.01. The van der Waals surface area contributed by atoms with Crippen molar-refractivity contribution in [3.05, 3.63) is 62.5 Å². The largest absolute Gasteiger partial charge is 0.488 e. The van der Waals surface area contributed by atoms with Gasteiger partial charge in [0.1, 0.15) is 17.9 Å². The molecule has 0 spiro atoms. The van der Waals surface area contributed by atoms with Gasteiger partial charge in [-0.15, -0.1) is 0 Å². The summed E-state index contributed by atoms with van der Waals surface area (Å²) in [5.74, 6) is -0.658. The standard InChI is InChI=1S/C14H10Br2O3/c15-10-5-6-13(11(7-10)14(17)18)19-8-9-3-1-2-4-12(9)16/h1-7H,8H2,(H,17,18). The molecule has 0 aliphatic carbocycles. The number of carboxylic acid groups (broad SMARTS) is 1. The van der Waals surface area contributed by atoms with Crippen molar-refractivity contribution in [3.63, 3.8) is 0 Å². The number of benzene rings is 2. The van der Waals surface area contributed by atoms with Crippen molar-refractivity contribution in [1.29, 1.82) is 0 Å². The van der Waals surface area contributed by atoms with Gasteiger partial charge in [-0.25, -0.2) is 4.79 Å². The number of carbonyl (C=O) groups is 1. The molecule has 0 saturated heterocycles. The monoisotopic (exact) mass is 384 g/mol. The number of hydrogen-bond donors (Lipinski definition) is 1. The summed E-state index contributed by atoms with van der Waals surface area (Å²) < 4.78 is 7.23. The Labute approximate surface area is 127 Å². The van der Waals surface area contributed by atoms with E-state index in [4.69, 9.17) is 9.84 Å². The Morgan fingerprint density at radius 1 is 1.16 bits per heavy atom. The molecule has 0 aliphatic heterocycles. The first-order valence-electron chi connectivity index (χ1n) is 5.47. The molecule has 0 fully saturated rings. The Kier molecular flexibility index (Phi) is 4.61. The van der Waals surface area contributed by atoms with E-state index in [9.17, 15) is 4.79 Å². The molecule has 0 atom stereocenters. The SMILES string of the molecule is O=C(O)c1cc(Br)ccc1OCc1ccccc1Br. The topological polar surface area (TPSA) is 46.5 Å². The van der Waals surface area contributed by atoms with E-state index in [2.05, 4.69) is 31.9 Å². The van der Waals surface area contributed by atoms with E-state index in [0.717, 1.165) is 10.0 Å². The van der Waals surface area contributed by atoms with E-state index >= 15 is 0 Å². The fourth-order valence-corrected chi connectivity index (χ4v) is 2.33. The highest BCUT2D eigenvalue weighted by molar-refractivity contribution is 9.10. The maximum absolute atomic E-state index is 11.1. The molecule has 2 aromatic carbocycles. The van der Waals surface area contributed by atoms with Gasteiger partial charge >= 0.3 is 5.97 Å². The lowest BCUT2D eigenvalue weighted by Crippen LogP contribution is -2.03. The zero-order valence-corrected chi connectivity index (χ0v) is 12.9. The van der Waals surface area contributed by atoms with Crippen LogP contribution in [0.1, 0.15) is 15.9 Å². The van der Waals surface area contributed by atoms with Crippen molar-refractivity contribution < 1.29 is 14.6 Å². The van der Waals surface area contributed by atoms with Crippen LogP contribution in [0.5, 0.6) is 5.75 Å². The fraction of sp³-hybridized carbons (Fsp3) is 0.0714. The third-order valence-corrected chi connectivity index (χ3v) is 3.78. The third kappa shape index (κ3) is 3.58. The fourth-order valence-electron chi connectivity index (χ4n) is 1.57. The molecule has 0 radical (unpaired) electrons. The second-order valence-corrected chi connectivity index (χ2v) is 5.60. The van der Waals surface area contributed by atoms with Crippen LogP contribution in [0.3, 0.4) is 0 Å². The highest BCUT2D eigenvalue weighted by atomic mass is 79.9. The first-order chi connectivity index (χ1) is 9.08. The van der Waals surface area contributed by atoms with E-state index in [0.29, 0.717) is 16.8 Å². The molecule has 2 rings (SSSR count). The van der Waals surface area contributed by atoms with Gasteiger partial charge in [0.2, 0.25) is 0 Å². The maximum atomic E-state index is 11.1. The summed E-state index contributed by atoms with van der Waals surface area (Å²) in [6, 6.07) is 12.6. The molecular formula is C14H10Br2O3. The van der Waals surface area contributed by atoms with Crippen LogP contribution in [0.25, 0.3) is 0 Å². The van der Waals surface area contributed by atoms with Gasteiger partial charge < -0.3 is 9.84 Å². The molecule has 0 aromatic heterocycles. The number of rotatable bonds is 4. The van der Waals surface area contributed by atoms with Gasteiger partial charge in [-0.05, 0) is 24.3 Å². The zero-order chi connectivity index (χ0) is 13.8. The smallest absolute Gasteiger partial charge is 0.339 e. The van der Waals surface area contributed by atoms with Crippen LogP contribution >= 0.6 is 31.9 Å². The average Bonchev–Trinajstić information content (AvgIpc) is 2.38. The van der Waals surface area contributed by atoms with Crippen LogP contribution in [0.15, 0.2) is 51.4 Å². The van der Waals surface area contributed by atoms with Crippen LogP contribution in [-0.2, 0) is 6.61 Å². The molecule has 0 bridgehead atoms. The van der Waals surface area contributed by atoms with Crippen LogP contribution in [0.2, 0.25) is 0 Å². The van der Waals surface area contributed by atoms with E-state index in [1.54, 1.807) is 12.1 Å². The summed E-state index contributed by atoms with van der Waals surface area (Å²) in [5, 5.41) is 9.13. The van der Waals surface area contributed by atoms with Gasteiger partial charge in [0.25, 0.3) is 0 Å². The number of carboxylic acids is 1. The Morgan fingerprint density at radius 2 is 1.89 bits per heavy atom. The number of halogens is 2. The van der Waals surface area contributed by atoms with Gasteiger partial charge in [0.15, 0.2) is 0 Å². The van der Waals surface area contributed by atoms with E-state index in [1.165, 1.54) is 6.07 Å². The van der Waals surface area contributed by atoms with Crippen molar-refractivity contribution in [2.75, 3.05) is 0 Å². The molecule has 1 N–H and O–H groups in total. The quantitative estimate of drug-likeness (QED) is 0.843. The summed E-state index contributed by atoms with van der Waals surface area (Å²) in [5.41, 5.74) is 1.10. The van der Waals surface area contributed by atoms with E-state index in [-0.39, 0.29) is 5.56 Å². The van der Waals surface area contributed by atoms with Gasteiger partial charge in [0.05, 0.1) is 0 Å².